The monoisotopic (exact) mass is 500 g/mol. The summed E-state index contributed by atoms with van der Waals surface area (Å²) in [6.45, 7) is 8.78. The van der Waals surface area contributed by atoms with Crippen molar-refractivity contribution in [1.29, 1.82) is 0 Å². The van der Waals surface area contributed by atoms with E-state index in [0.29, 0.717) is 37.7 Å². The lowest BCUT2D eigenvalue weighted by molar-refractivity contribution is -0.145. The first kappa shape index (κ1) is 24.9. The summed E-state index contributed by atoms with van der Waals surface area (Å²) in [7, 11) is 0. The molecule has 2 N–H and O–H groups in total. The second-order valence-corrected chi connectivity index (χ2v) is 11.6. The van der Waals surface area contributed by atoms with Gasteiger partial charge in [-0.1, -0.05) is 31.1 Å². The van der Waals surface area contributed by atoms with Crippen LogP contribution in [0.5, 0.6) is 0 Å². The molecule has 0 spiro atoms. The number of aliphatic hydroxyl groups excluding tert-OH is 1. The maximum atomic E-state index is 14.0. The Morgan fingerprint density at radius 2 is 1.97 bits per heavy atom. The molecule has 2 saturated heterocycles. The van der Waals surface area contributed by atoms with Gasteiger partial charge in [-0.2, -0.15) is 0 Å². The van der Waals surface area contributed by atoms with Crippen LogP contribution in [0.25, 0.3) is 0 Å². The summed E-state index contributed by atoms with van der Waals surface area (Å²) in [6, 6.07) is 0.357. The molecule has 2 aliphatic heterocycles. The molecule has 2 amide bonds. The predicted octanol–water partition coefficient (Wildman–Crippen LogP) is 1.82. The highest BCUT2D eigenvalue weighted by Gasteiger charge is 2.48. The lowest BCUT2D eigenvalue weighted by Gasteiger charge is -2.38. The van der Waals surface area contributed by atoms with Gasteiger partial charge in [0.05, 0.1) is 17.5 Å². The van der Waals surface area contributed by atoms with Gasteiger partial charge in [-0.15, -0.1) is 5.10 Å². The molecule has 3 aliphatic rings. The number of aliphatic hydroxyl groups is 1. The number of rotatable bonds is 6. The van der Waals surface area contributed by atoms with E-state index in [9.17, 15) is 14.7 Å². The zero-order valence-electron chi connectivity index (χ0n) is 21.4. The van der Waals surface area contributed by atoms with Gasteiger partial charge >= 0.3 is 0 Å². The number of amides is 2. The maximum Gasteiger partial charge on any atom is 0.248 e. The van der Waals surface area contributed by atoms with E-state index in [2.05, 4.69) is 20.8 Å². The average Bonchev–Trinajstić information content (AvgIpc) is 3.19. The molecule has 3 atom stereocenters. The molecule has 1 saturated carbocycles. The highest BCUT2D eigenvalue weighted by Crippen LogP contribution is 2.40. The van der Waals surface area contributed by atoms with Gasteiger partial charge in [0.1, 0.15) is 17.6 Å². The van der Waals surface area contributed by atoms with Crippen LogP contribution in [0.1, 0.15) is 82.0 Å². The Kier molecular flexibility index (Phi) is 6.40. The van der Waals surface area contributed by atoms with Crippen molar-refractivity contribution in [2.24, 2.45) is 5.41 Å². The van der Waals surface area contributed by atoms with E-state index in [4.69, 9.17) is 9.26 Å². The Morgan fingerprint density at radius 1 is 1.25 bits per heavy atom. The fraction of sp³-hybridized carbons (Fsp3) is 0.720. The minimum Gasteiger partial charge on any atom is -0.391 e. The van der Waals surface area contributed by atoms with Crippen LogP contribution in [-0.2, 0) is 19.9 Å². The van der Waals surface area contributed by atoms with Crippen molar-refractivity contribution in [3.05, 3.63) is 29.4 Å². The number of nitrogens with one attached hydrogen (secondary N) is 1. The van der Waals surface area contributed by atoms with Gasteiger partial charge in [-0.3, -0.25) is 9.59 Å². The fourth-order valence-electron chi connectivity index (χ4n) is 5.39. The summed E-state index contributed by atoms with van der Waals surface area (Å²) in [5.41, 5.74) is 0.369. The molecule has 0 aromatic carbocycles. The van der Waals surface area contributed by atoms with Gasteiger partial charge in [0.15, 0.2) is 5.76 Å². The number of aromatic nitrogens is 4. The van der Waals surface area contributed by atoms with Crippen LogP contribution in [0.4, 0.5) is 0 Å². The van der Waals surface area contributed by atoms with Gasteiger partial charge in [0.25, 0.3) is 0 Å². The molecule has 11 nitrogen and oxygen atoms in total. The van der Waals surface area contributed by atoms with E-state index in [1.165, 1.54) is 4.90 Å². The summed E-state index contributed by atoms with van der Waals surface area (Å²) >= 11 is 0. The molecule has 3 fully saturated rings. The molecule has 0 radical (unpaired) electrons. The van der Waals surface area contributed by atoms with Crippen molar-refractivity contribution >= 4 is 11.8 Å². The van der Waals surface area contributed by atoms with E-state index < -0.39 is 29.1 Å². The molecular weight excluding hydrogens is 464 g/mol. The smallest absolute Gasteiger partial charge is 0.248 e. The number of hydrogen-bond acceptors (Lipinski definition) is 8. The van der Waals surface area contributed by atoms with E-state index in [1.807, 2.05) is 40.0 Å². The number of aryl methyl sites for hydroxylation is 1. The number of hydrogen-bond donors (Lipinski definition) is 2. The molecule has 5 rings (SSSR count). The number of carbonyl (C=O) groups excluding carboxylic acids is 2. The molecule has 2 aromatic rings. The minimum atomic E-state index is -0.812. The van der Waals surface area contributed by atoms with Crippen LogP contribution in [-0.4, -0.2) is 73.9 Å². The minimum absolute atomic E-state index is 0.0885. The van der Waals surface area contributed by atoms with Gasteiger partial charge in [0, 0.05) is 57.2 Å². The first-order valence-corrected chi connectivity index (χ1v) is 12.8. The van der Waals surface area contributed by atoms with Crippen LogP contribution < -0.4 is 5.32 Å². The molecule has 4 heterocycles. The normalized spacial score (nSPS) is 25.1. The van der Waals surface area contributed by atoms with E-state index in [-0.39, 0.29) is 24.8 Å². The number of ether oxygens (including phenoxy) is 1. The third kappa shape index (κ3) is 4.78. The van der Waals surface area contributed by atoms with Crippen molar-refractivity contribution in [3.63, 3.8) is 0 Å². The van der Waals surface area contributed by atoms with Crippen LogP contribution >= 0.6 is 0 Å². The first-order valence-electron chi connectivity index (χ1n) is 12.8. The molecule has 11 heteroatoms. The lowest BCUT2D eigenvalue weighted by Crippen LogP contribution is -2.56. The molecular formula is C25H36N6O5. The van der Waals surface area contributed by atoms with Gasteiger partial charge < -0.3 is 24.6 Å². The SMILES string of the molecule is Cc1cc(C2(NC(=O)[C@@H]3C[C@@H](O)CN3C(=O)[C@@H](n3cc(C4CC4)nn3)C(C)(C)C)CCOCC2)on1. The van der Waals surface area contributed by atoms with Crippen LogP contribution in [0, 0.1) is 12.3 Å². The molecule has 196 valence electrons. The summed E-state index contributed by atoms with van der Waals surface area (Å²) in [4.78, 5) is 29.2. The lowest BCUT2D eigenvalue weighted by atomic mass is 9.85. The van der Waals surface area contributed by atoms with Crippen LogP contribution in [0.15, 0.2) is 16.8 Å². The number of likely N-dealkylation sites (tertiary alicyclic amines) is 1. The fourth-order valence-corrected chi connectivity index (χ4v) is 5.39. The zero-order valence-corrected chi connectivity index (χ0v) is 21.4. The number of nitrogens with zero attached hydrogens (tertiary/aromatic N) is 5. The largest absolute Gasteiger partial charge is 0.391 e. The Labute approximate surface area is 210 Å². The van der Waals surface area contributed by atoms with Gasteiger partial charge in [-0.25, -0.2) is 4.68 Å². The Hall–Kier alpha value is -2.79. The average molecular weight is 501 g/mol. The highest BCUT2D eigenvalue weighted by molar-refractivity contribution is 5.90. The van der Waals surface area contributed by atoms with Crippen molar-refractivity contribution in [1.82, 2.24) is 30.4 Å². The first-order chi connectivity index (χ1) is 17.1. The summed E-state index contributed by atoms with van der Waals surface area (Å²) in [6.07, 6.45) is 4.47. The van der Waals surface area contributed by atoms with Gasteiger partial charge in [-0.05, 0) is 25.2 Å². The second kappa shape index (κ2) is 9.26. The zero-order chi connectivity index (χ0) is 25.7. The molecule has 2 aromatic heterocycles. The molecule has 36 heavy (non-hydrogen) atoms. The summed E-state index contributed by atoms with van der Waals surface area (Å²) in [5.74, 6) is 0.427. The Morgan fingerprint density at radius 3 is 2.58 bits per heavy atom. The molecule has 0 bridgehead atoms. The third-order valence-electron chi connectivity index (χ3n) is 7.52. The second-order valence-electron chi connectivity index (χ2n) is 11.6. The molecule has 0 unspecified atom stereocenters. The summed E-state index contributed by atoms with van der Waals surface area (Å²) < 4.78 is 12.7. The maximum absolute atomic E-state index is 14.0. The Bertz CT molecular complexity index is 1110. The van der Waals surface area contributed by atoms with Crippen LogP contribution in [0.2, 0.25) is 0 Å². The quantitative estimate of drug-likeness (QED) is 0.613. The van der Waals surface area contributed by atoms with Crippen molar-refractivity contribution < 1.29 is 24.0 Å². The number of β-amino-alcohol motifs (C(OH)–C–C–N with tert-alkyl or cyclic N) is 1. The predicted molar refractivity (Wildman–Crippen MR) is 128 cm³/mol. The van der Waals surface area contributed by atoms with Crippen LogP contribution in [0.3, 0.4) is 0 Å². The molecule has 1 aliphatic carbocycles. The topological polar surface area (TPSA) is 136 Å². The number of carbonyl (C=O) groups is 2. The Balaban J connectivity index is 1.40. The van der Waals surface area contributed by atoms with Crippen molar-refractivity contribution in [2.45, 2.75) is 89.4 Å². The van der Waals surface area contributed by atoms with E-state index in [1.54, 1.807) is 4.68 Å². The standard InChI is InChI=1S/C25H36N6O5/c1-15-11-20(36-28-15)25(7-9-35-10-8-25)26-22(33)19-12-17(32)13-30(19)23(34)21(24(2,3)4)31-14-18(27-29-31)16-5-6-16/h11,14,16-17,19,21,32H,5-10,12-13H2,1-4H3,(H,26,33)/t17-,19+,21-/m1/s1. The third-order valence-corrected chi connectivity index (χ3v) is 7.52. The van der Waals surface area contributed by atoms with Crippen molar-refractivity contribution in [2.75, 3.05) is 19.8 Å². The van der Waals surface area contributed by atoms with E-state index in [0.717, 1.165) is 24.2 Å². The summed E-state index contributed by atoms with van der Waals surface area (Å²) in [5, 5.41) is 26.3. The van der Waals surface area contributed by atoms with Crippen molar-refractivity contribution in [3.8, 4) is 0 Å². The van der Waals surface area contributed by atoms with Gasteiger partial charge in [0.2, 0.25) is 11.8 Å². The highest BCUT2D eigenvalue weighted by atomic mass is 16.5. The van der Waals surface area contributed by atoms with E-state index >= 15 is 0 Å².